The first-order valence-corrected chi connectivity index (χ1v) is 8.08. The second-order valence-electron chi connectivity index (χ2n) is 7.80. The largest absolute Gasteiger partial charge is 0.465 e. The van der Waals surface area contributed by atoms with Gasteiger partial charge in [0.25, 0.3) is 0 Å². The van der Waals surface area contributed by atoms with Crippen LogP contribution in [0.4, 0.5) is 23.8 Å². The lowest BCUT2D eigenvalue weighted by Gasteiger charge is -2.56. The first-order valence-electron chi connectivity index (χ1n) is 8.08. The molecule has 2 atom stereocenters. The number of alkyl halides is 3. The predicted molar refractivity (Wildman–Crippen MR) is 88.6 cm³/mol. The fraction of sp³-hybridized carbons (Fsp3) is 0.647. The monoisotopic (exact) mass is 359 g/mol. The number of hydrogen-bond donors (Lipinski definition) is 1. The first kappa shape index (κ1) is 19.3. The summed E-state index contributed by atoms with van der Waals surface area (Å²) in [5.74, 6) is 0.418. The van der Waals surface area contributed by atoms with Gasteiger partial charge in [0.15, 0.2) is 0 Å². The summed E-state index contributed by atoms with van der Waals surface area (Å²) in [5.41, 5.74) is -1.88. The fourth-order valence-electron chi connectivity index (χ4n) is 3.10. The quantitative estimate of drug-likeness (QED) is 0.820. The van der Waals surface area contributed by atoms with Crippen LogP contribution in [-0.4, -0.2) is 45.8 Å². The highest BCUT2D eigenvalue weighted by Gasteiger charge is 2.50. The molecule has 1 aliphatic heterocycles. The van der Waals surface area contributed by atoms with E-state index in [2.05, 4.69) is 4.98 Å². The van der Waals surface area contributed by atoms with Crippen LogP contribution in [0.1, 0.15) is 40.2 Å². The number of carbonyl (C=O) groups is 1. The highest BCUT2D eigenvalue weighted by Crippen LogP contribution is 2.41. The molecular formula is C17H24F3N3O2. The molecule has 0 radical (unpaired) electrons. The number of aromatic nitrogens is 1. The Balaban J connectivity index is 2.38. The summed E-state index contributed by atoms with van der Waals surface area (Å²) in [6.07, 6.45) is -4.61. The second-order valence-corrected chi connectivity index (χ2v) is 7.80. The van der Waals surface area contributed by atoms with Gasteiger partial charge in [-0.3, -0.25) is 4.90 Å². The summed E-state index contributed by atoms with van der Waals surface area (Å²) < 4.78 is 38.2. The molecule has 1 aliphatic rings. The number of carboxylic acid groups (broad SMARTS) is 1. The molecule has 0 spiro atoms. The minimum Gasteiger partial charge on any atom is -0.465 e. The Morgan fingerprint density at radius 3 is 2.32 bits per heavy atom. The van der Waals surface area contributed by atoms with Gasteiger partial charge in [0.2, 0.25) is 0 Å². The van der Waals surface area contributed by atoms with Crippen molar-refractivity contribution >= 4 is 11.9 Å². The molecule has 140 valence electrons. The van der Waals surface area contributed by atoms with Crippen molar-refractivity contribution in [3.8, 4) is 0 Å². The van der Waals surface area contributed by atoms with E-state index >= 15 is 0 Å². The van der Waals surface area contributed by atoms with E-state index in [9.17, 15) is 23.1 Å². The van der Waals surface area contributed by atoms with Gasteiger partial charge in [-0.2, -0.15) is 13.2 Å². The number of pyridine rings is 1. The maximum Gasteiger partial charge on any atom is 0.417 e. The van der Waals surface area contributed by atoms with Gasteiger partial charge >= 0.3 is 12.3 Å². The van der Waals surface area contributed by atoms with Crippen molar-refractivity contribution in [2.24, 2.45) is 5.41 Å². The minimum absolute atomic E-state index is 0.198. The molecule has 5 nitrogen and oxygen atoms in total. The van der Waals surface area contributed by atoms with Crippen LogP contribution < -0.4 is 4.90 Å². The summed E-state index contributed by atoms with van der Waals surface area (Å²) in [5, 5.41) is 9.60. The number of rotatable bonds is 1. The van der Waals surface area contributed by atoms with Crippen molar-refractivity contribution in [3.05, 3.63) is 23.9 Å². The highest BCUT2D eigenvalue weighted by atomic mass is 19.4. The van der Waals surface area contributed by atoms with Gasteiger partial charge in [-0.05, 0) is 31.4 Å². The van der Waals surface area contributed by atoms with Crippen LogP contribution in [0.3, 0.4) is 0 Å². The van der Waals surface area contributed by atoms with Gasteiger partial charge in [-0.1, -0.05) is 20.8 Å². The van der Waals surface area contributed by atoms with Crippen LogP contribution in [0.5, 0.6) is 0 Å². The molecule has 2 heterocycles. The van der Waals surface area contributed by atoms with Gasteiger partial charge < -0.3 is 10.0 Å². The Hall–Kier alpha value is -1.99. The molecule has 0 saturated carbocycles. The Bertz CT molecular complexity index is 640. The SMILES string of the molecule is CC1CN(C(=O)O)C(C)(C(C)(C)C)CN1c1ccc(C(F)(F)F)cn1. The van der Waals surface area contributed by atoms with Crippen molar-refractivity contribution in [1.29, 1.82) is 0 Å². The van der Waals surface area contributed by atoms with Crippen LogP contribution in [0.2, 0.25) is 0 Å². The molecule has 2 rings (SSSR count). The van der Waals surface area contributed by atoms with E-state index in [1.165, 1.54) is 11.0 Å². The topological polar surface area (TPSA) is 56.7 Å². The van der Waals surface area contributed by atoms with Crippen LogP contribution in [-0.2, 0) is 6.18 Å². The number of halogens is 3. The van der Waals surface area contributed by atoms with Gasteiger partial charge in [0, 0.05) is 25.3 Å². The van der Waals surface area contributed by atoms with Crippen molar-refractivity contribution in [3.63, 3.8) is 0 Å². The lowest BCUT2D eigenvalue weighted by atomic mass is 9.72. The van der Waals surface area contributed by atoms with Gasteiger partial charge in [0.1, 0.15) is 5.82 Å². The maximum atomic E-state index is 12.7. The molecule has 1 aromatic rings. The highest BCUT2D eigenvalue weighted by molar-refractivity contribution is 5.67. The molecule has 1 saturated heterocycles. The molecule has 1 N–H and O–H groups in total. The molecule has 25 heavy (non-hydrogen) atoms. The molecule has 0 aromatic carbocycles. The molecule has 1 amide bonds. The Kier molecular flexibility index (Phi) is 4.69. The van der Waals surface area contributed by atoms with E-state index in [4.69, 9.17) is 0 Å². The zero-order valence-electron chi connectivity index (χ0n) is 15.1. The molecule has 1 fully saturated rings. The first-order chi connectivity index (χ1) is 11.3. The smallest absolute Gasteiger partial charge is 0.417 e. The molecule has 0 aliphatic carbocycles. The summed E-state index contributed by atoms with van der Waals surface area (Å²) in [4.78, 5) is 19.0. The maximum absolute atomic E-state index is 12.7. The summed E-state index contributed by atoms with van der Waals surface area (Å²) >= 11 is 0. The third-order valence-corrected chi connectivity index (χ3v) is 5.27. The zero-order valence-corrected chi connectivity index (χ0v) is 15.1. The molecular weight excluding hydrogens is 335 g/mol. The average molecular weight is 359 g/mol. The summed E-state index contributed by atoms with van der Waals surface area (Å²) in [6.45, 7) is 10.2. The van der Waals surface area contributed by atoms with Crippen molar-refractivity contribution in [2.45, 2.75) is 52.4 Å². The van der Waals surface area contributed by atoms with E-state index in [-0.39, 0.29) is 18.0 Å². The summed E-state index contributed by atoms with van der Waals surface area (Å²) in [7, 11) is 0. The lowest BCUT2D eigenvalue weighted by Crippen LogP contribution is -2.70. The van der Waals surface area contributed by atoms with E-state index in [0.717, 1.165) is 12.3 Å². The molecule has 8 heteroatoms. The average Bonchev–Trinajstić information content (AvgIpc) is 2.47. The van der Waals surface area contributed by atoms with Crippen LogP contribution in [0.15, 0.2) is 18.3 Å². The van der Waals surface area contributed by atoms with Crippen molar-refractivity contribution < 1.29 is 23.1 Å². The van der Waals surface area contributed by atoms with Crippen LogP contribution in [0, 0.1) is 5.41 Å². The normalized spacial score (nSPS) is 25.2. The third kappa shape index (κ3) is 3.52. The minimum atomic E-state index is -4.43. The Morgan fingerprint density at radius 2 is 1.92 bits per heavy atom. The Morgan fingerprint density at radius 1 is 1.32 bits per heavy atom. The fourth-order valence-corrected chi connectivity index (χ4v) is 3.10. The molecule has 2 unspecified atom stereocenters. The van der Waals surface area contributed by atoms with Gasteiger partial charge in [-0.15, -0.1) is 0 Å². The molecule has 0 bridgehead atoms. The standard InChI is InChI=1S/C17H24F3N3O2/c1-11-9-23(14(24)25)16(5,15(2,3)4)10-22(11)13-7-6-12(8-21-13)17(18,19)20/h6-8,11H,9-10H2,1-5H3,(H,24,25). The van der Waals surface area contributed by atoms with Gasteiger partial charge in [-0.25, -0.2) is 9.78 Å². The number of amides is 1. The number of nitrogens with zero attached hydrogens (tertiary/aromatic N) is 3. The van der Waals surface area contributed by atoms with E-state index in [1.54, 1.807) is 0 Å². The second kappa shape index (κ2) is 6.07. The third-order valence-electron chi connectivity index (χ3n) is 5.27. The lowest BCUT2D eigenvalue weighted by molar-refractivity contribution is -0.137. The van der Waals surface area contributed by atoms with Gasteiger partial charge in [0.05, 0.1) is 11.1 Å². The van der Waals surface area contributed by atoms with Crippen LogP contribution >= 0.6 is 0 Å². The van der Waals surface area contributed by atoms with Crippen molar-refractivity contribution in [2.75, 3.05) is 18.0 Å². The zero-order chi connectivity index (χ0) is 19.2. The molecule has 1 aromatic heterocycles. The van der Waals surface area contributed by atoms with E-state index in [0.29, 0.717) is 12.4 Å². The number of hydrogen-bond acceptors (Lipinski definition) is 3. The van der Waals surface area contributed by atoms with Crippen molar-refractivity contribution in [1.82, 2.24) is 9.88 Å². The Labute approximate surface area is 145 Å². The van der Waals surface area contributed by atoms with E-state index < -0.39 is 23.4 Å². The van der Waals surface area contributed by atoms with E-state index in [1.807, 2.05) is 39.5 Å². The number of anilines is 1. The predicted octanol–water partition coefficient (Wildman–Crippen LogP) is 4.09. The number of piperazine rings is 1. The van der Waals surface area contributed by atoms with Crippen LogP contribution in [0.25, 0.3) is 0 Å². The summed E-state index contributed by atoms with van der Waals surface area (Å²) in [6, 6.07) is 2.15.